The van der Waals surface area contributed by atoms with Crippen molar-refractivity contribution in [2.45, 2.75) is 0 Å². The van der Waals surface area contributed by atoms with E-state index in [4.69, 9.17) is 5.11 Å². The number of aromatic hydroxyl groups is 1. The van der Waals surface area contributed by atoms with Crippen molar-refractivity contribution in [2.24, 2.45) is 0 Å². The number of rotatable bonds is 1. The molecule has 3 N–H and O–H groups in total. The van der Waals surface area contributed by atoms with Crippen LogP contribution in [0.1, 0.15) is 0 Å². The van der Waals surface area contributed by atoms with Gasteiger partial charge in [-0.3, -0.25) is 0 Å². The predicted molar refractivity (Wildman–Crippen MR) is 57.6 cm³/mol. The first-order valence-corrected chi connectivity index (χ1v) is 5.27. The van der Waals surface area contributed by atoms with Gasteiger partial charge >= 0.3 is 0 Å². The van der Waals surface area contributed by atoms with E-state index in [9.17, 15) is 35.1 Å². The lowest BCUT2D eigenvalue weighted by Gasteiger charge is -2.13. The van der Waals surface area contributed by atoms with E-state index in [2.05, 4.69) is 5.73 Å². The van der Waals surface area contributed by atoms with Crippen LogP contribution in [-0.4, -0.2) is 5.11 Å². The lowest BCUT2D eigenvalue weighted by atomic mass is 10.0. The van der Waals surface area contributed by atoms with Gasteiger partial charge < -0.3 is 10.8 Å². The fourth-order valence-corrected chi connectivity index (χ4v) is 1.71. The molecule has 2 rings (SSSR count). The molecule has 0 spiro atoms. The highest BCUT2D eigenvalue weighted by atomic mass is 19.2. The fraction of sp³-hybridized carbons (Fsp3) is 0. The summed E-state index contributed by atoms with van der Waals surface area (Å²) in [5, 5.41) is 8.75. The van der Waals surface area contributed by atoms with E-state index in [1.165, 1.54) is 0 Å². The SMILES string of the molecule is Nc1c(F)c(F)c(-c2c(F)c(F)c(O)c(F)c2F)c(F)c1F. The average Bonchev–Trinajstić information content (AvgIpc) is 2.50. The minimum atomic E-state index is -2.45. The highest BCUT2D eigenvalue weighted by Gasteiger charge is 2.33. The van der Waals surface area contributed by atoms with Crippen LogP contribution < -0.4 is 5.73 Å². The smallest absolute Gasteiger partial charge is 0.204 e. The van der Waals surface area contributed by atoms with Crippen LogP contribution in [0.5, 0.6) is 5.75 Å². The maximum Gasteiger partial charge on any atom is 0.204 e. The van der Waals surface area contributed by atoms with E-state index in [0.717, 1.165) is 0 Å². The number of benzene rings is 2. The van der Waals surface area contributed by atoms with Crippen LogP contribution in [0.4, 0.5) is 40.8 Å². The summed E-state index contributed by atoms with van der Waals surface area (Å²) in [5.74, 6) is -20.9. The Morgan fingerprint density at radius 2 is 0.773 bits per heavy atom. The number of phenolic OH excluding ortho intramolecular Hbond substituents is 1. The topological polar surface area (TPSA) is 46.2 Å². The van der Waals surface area contributed by atoms with Crippen molar-refractivity contribution in [3.63, 3.8) is 0 Å². The molecular formula is C12H3F8NO. The van der Waals surface area contributed by atoms with Gasteiger partial charge in [-0.05, 0) is 0 Å². The minimum absolute atomic E-state index is 1.63. The molecule has 0 aliphatic carbocycles. The molecule has 22 heavy (non-hydrogen) atoms. The molecular weight excluding hydrogens is 326 g/mol. The van der Waals surface area contributed by atoms with Crippen molar-refractivity contribution in [1.82, 2.24) is 0 Å². The molecule has 2 aromatic carbocycles. The Morgan fingerprint density at radius 1 is 0.500 bits per heavy atom. The number of phenols is 1. The predicted octanol–water partition coefficient (Wildman–Crippen LogP) is 3.75. The van der Waals surface area contributed by atoms with Crippen LogP contribution in [-0.2, 0) is 0 Å². The standard InChI is InChI=1S/C12H3F8NO/c13-3-1(4(14)8(18)11(21)7(3)17)2-5(15)9(19)12(22)10(20)6(2)16/h22H,21H2. The number of nitrogen functional groups attached to an aromatic ring is 1. The molecule has 0 aliphatic rings. The number of anilines is 1. The summed E-state index contributed by atoms with van der Waals surface area (Å²) in [4.78, 5) is 0. The Balaban J connectivity index is 3.03. The Kier molecular flexibility index (Phi) is 3.63. The number of halogens is 8. The third kappa shape index (κ3) is 1.94. The van der Waals surface area contributed by atoms with Crippen molar-refractivity contribution in [3.8, 4) is 16.9 Å². The van der Waals surface area contributed by atoms with E-state index < -0.39 is 69.1 Å². The Labute approximate surface area is 116 Å². The molecule has 2 aromatic rings. The van der Waals surface area contributed by atoms with Crippen molar-refractivity contribution < 1.29 is 40.2 Å². The third-order valence-electron chi connectivity index (χ3n) is 2.79. The van der Waals surface area contributed by atoms with Crippen LogP contribution in [0.15, 0.2) is 0 Å². The molecule has 0 aliphatic heterocycles. The molecule has 0 amide bonds. The zero-order chi connectivity index (χ0) is 16.9. The molecule has 2 nitrogen and oxygen atoms in total. The van der Waals surface area contributed by atoms with Crippen molar-refractivity contribution >= 4 is 5.69 Å². The van der Waals surface area contributed by atoms with Gasteiger partial charge in [0.1, 0.15) is 5.69 Å². The summed E-state index contributed by atoms with van der Waals surface area (Å²) in [5.41, 5.74) is -1.05. The fourth-order valence-electron chi connectivity index (χ4n) is 1.71. The van der Waals surface area contributed by atoms with Crippen molar-refractivity contribution in [3.05, 3.63) is 46.5 Å². The van der Waals surface area contributed by atoms with E-state index >= 15 is 0 Å². The summed E-state index contributed by atoms with van der Waals surface area (Å²) in [6.07, 6.45) is 0. The number of nitrogens with two attached hydrogens (primary N) is 1. The van der Waals surface area contributed by atoms with E-state index in [0.29, 0.717) is 0 Å². The summed E-state index contributed by atoms with van der Waals surface area (Å²) < 4.78 is 107. The van der Waals surface area contributed by atoms with Crippen LogP contribution in [0, 0.1) is 46.5 Å². The molecule has 0 unspecified atom stereocenters. The lowest BCUT2D eigenvalue weighted by Crippen LogP contribution is -2.09. The zero-order valence-corrected chi connectivity index (χ0v) is 10.0. The third-order valence-corrected chi connectivity index (χ3v) is 2.79. The first-order chi connectivity index (χ1) is 10.1. The molecule has 0 saturated heterocycles. The number of hydrogen-bond donors (Lipinski definition) is 2. The maximum atomic E-state index is 13.6. The van der Waals surface area contributed by atoms with Gasteiger partial charge in [0.05, 0.1) is 11.1 Å². The molecule has 0 saturated carbocycles. The van der Waals surface area contributed by atoms with Crippen molar-refractivity contribution in [2.75, 3.05) is 5.73 Å². The summed E-state index contributed by atoms with van der Waals surface area (Å²) in [7, 11) is 0. The second-order valence-corrected chi connectivity index (χ2v) is 4.02. The van der Waals surface area contributed by atoms with Gasteiger partial charge in [0, 0.05) is 0 Å². The van der Waals surface area contributed by atoms with Gasteiger partial charge in [-0.1, -0.05) is 0 Å². The summed E-state index contributed by atoms with van der Waals surface area (Å²) in [6.45, 7) is 0. The number of hydrogen-bond acceptors (Lipinski definition) is 2. The minimum Gasteiger partial charge on any atom is -0.503 e. The molecule has 0 radical (unpaired) electrons. The Hall–Kier alpha value is -2.52. The quantitative estimate of drug-likeness (QED) is 0.475. The maximum absolute atomic E-state index is 13.6. The highest BCUT2D eigenvalue weighted by molar-refractivity contribution is 5.70. The summed E-state index contributed by atoms with van der Waals surface area (Å²) in [6, 6.07) is 0. The first kappa shape index (κ1) is 15.9. The molecule has 0 aromatic heterocycles. The van der Waals surface area contributed by atoms with Crippen LogP contribution in [0.2, 0.25) is 0 Å². The molecule has 10 heteroatoms. The summed E-state index contributed by atoms with van der Waals surface area (Å²) >= 11 is 0. The monoisotopic (exact) mass is 329 g/mol. The first-order valence-electron chi connectivity index (χ1n) is 5.27. The van der Waals surface area contributed by atoms with Crippen LogP contribution in [0.25, 0.3) is 11.1 Å². The molecule has 0 atom stereocenters. The van der Waals surface area contributed by atoms with Gasteiger partial charge in [-0.15, -0.1) is 0 Å². The molecule has 118 valence electrons. The molecule has 0 bridgehead atoms. The van der Waals surface area contributed by atoms with E-state index in [1.807, 2.05) is 0 Å². The highest BCUT2D eigenvalue weighted by Crippen LogP contribution is 2.39. The van der Waals surface area contributed by atoms with Crippen LogP contribution >= 0.6 is 0 Å². The largest absolute Gasteiger partial charge is 0.503 e. The van der Waals surface area contributed by atoms with Gasteiger partial charge in [0.2, 0.25) is 11.6 Å². The van der Waals surface area contributed by atoms with Crippen LogP contribution in [0.3, 0.4) is 0 Å². The second kappa shape index (κ2) is 5.04. The molecule has 0 fully saturated rings. The Bertz CT molecular complexity index is 679. The average molecular weight is 329 g/mol. The van der Waals surface area contributed by atoms with E-state index in [-0.39, 0.29) is 0 Å². The lowest BCUT2D eigenvalue weighted by molar-refractivity contribution is 0.357. The van der Waals surface area contributed by atoms with Gasteiger partial charge in [-0.2, -0.15) is 8.78 Å². The van der Waals surface area contributed by atoms with Gasteiger partial charge in [0.15, 0.2) is 40.7 Å². The second-order valence-electron chi connectivity index (χ2n) is 4.02. The van der Waals surface area contributed by atoms with Gasteiger partial charge in [-0.25, -0.2) is 26.3 Å². The molecule has 0 heterocycles. The normalized spacial score (nSPS) is 11.1. The van der Waals surface area contributed by atoms with Gasteiger partial charge in [0.25, 0.3) is 0 Å². The Morgan fingerprint density at radius 3 is 1.09 bits per heavy atom. The van der Waals surface area contributed by atoms with Crippen molar-refractivity contribution in [1.29, 1.82) is 0 Å². The van der Waals surface area contributed by atoms with E-state index in [1.54, 1.807) is 0 Å². The zero-order valence-electron chi connectivity index (χ0n) is 10.0.